The van der Waals surface area contributed by atoms with E-state index < -0.39 is 0 Å². The average molecular weight is 457 g/mol. The van der Waals surface area contributed by atoms with Crippen molar-refractivity contribution in [2.24, 2.45) is 5.92 Å². The Labute approximate surface area is 198 Å². The van der Waals surface area contributed by atoms with Gasteiger partial charge in [0.2, 0.25) is 6.79 Å². The van der Waals surface area contributed by atoms with E-state index >= 15 is 0 Å². The van der Waals surface area contributed by atoms with Gasteiger partial charge in [-0.15, -0.1) is 0 Å². The lowest BCUT2D eigenvalue weighted by molar-refractivity contribution is 0.171. The first kappa shape index (κ1) is 21.0. The van der Waals surface area contributed by atoms with Crippen molar-refractivity contribution in [3.05, 3.63) is 88.7 Å². The van der Waals surface area contributed by atoms with Crippen LogP contribution in [0.4, 0.5) is 10.1 Å². The van der Waals surface area contributed by atoms with E-state index in [0.29, 0.717) is 5.92 Å². The summed E-state index contributed by atoms with van der Waals surface area (Å²) in [5.41, 5.74) is 5.13. The van der Waals surface area contributed by atoms with E-state index in [4.69, 9.17) is 9.47 Å². The van der Waals surface area contributed by atoms with E-state index in [1.54, 1.807) is 12.1 Å². The normalized spacial score (nSPS) is 22.4. The molecule has 0 amide bonds. The molecule has 6 heteroatoms. The Morgan fingerprint density at radius 1 is 0.971 bits per heavy atom. The molecule has 3 aliphatic heterocycles. The molecule has 1 fully saturated rings. The van der Waals surface area contributed by atoms with Crippen molar-refractivity contribution < 1.29 is 19.0 Å². The lowest BCUT2D eigenvalue weighted by Gasteiger charge is -2.39. The minimum Gasteiger partial charge on any atom is -0.454 e. The van der Waals surface area contributed by atoms with Gasteiger partial charge in [0.15, 0.2) is 11.5 Å². The van der Waals surface area contributed by atoms with Gasteiger partial charge in [-0.3, -0.25) is 4.90 Å². The number of rotatable bonds is 3. The molecule has 0 unspecified atom stereocenters. The van der Waals surface area contributed by atoms with Crippen molar-refractivity contribution in [2.75, 3.05) is 25.3 Å². The SMILES string of the molecule is OC[C@H]1Nc2ccc(C#Cc3ccc(F)cc3)cc2[C@H]2[C@@H]1CCN2Cc1ccc2c(c1)OCO2. The number of hydrogen-bond acceptors (Lipinski definition) is 5. The van der Waals surface area contributed by atoms with Gasteiger partial charge in [-0.25, -0.2) is 4.39 Å². The number of aliphatic hydroxyl groups is 1. The van der Waals surface area contributed by atoms with Crippen LogP contribution in [-0.2, 0) is 6.54 Å². The second-order valence-corrected chi connectivity index (χ2v) is 9.05. The molecule has 3 aromatic rings. The summed E-state index contributed by atoms with van der Waals surface area (Å²) in [5, 5.41) is 13.6. The minimum absolute atomic E-state index is 0.0235. The van der Waals surface area contributed by atoms with Gasteiger partial charge >= 0.3 is 0 Å². The average Bonchev–Trinajstić information content (AvgIpc) is 3.50. The fourth-order valence-corrected chi connectivity index (χ4v) is 5.36. The lowest BCUT2D eigenvalue weighted by atomic mass is 9.82. The van der Waals surface area contributed by atoms with Gasteiger partial charge in [0, 0.05) is 35.3 Å². The maximum atomic E-state index is 13.2. The molecular formula is C28H25FN2O3. The van der Waals surface area contributed by atoms with Crippen LogP contribution in [-0.4, -0.2) is 36.0 Å². The third kappa shape index (κ3) is 3.87. The number of halogens is 1. The van der Waals surface area contributed by atoms with Crippen LogP contribution in [0, 0.1) is 23.6 Å². The number of likely N-dealkylation sites (tertiary alicyclic amines) is 1. The smallest absolute Gasteiger partial charge is 0.231 e. The van der Waals surface area contributed by atoms with Gasteiger partial charge in [-0.05, 0) is 78.7 Å². The highest BCUT2D eigenvalue weighted by Crippen LogP contribution is 2.47. The second-order valence-electron chi connectivity index (χ2n) is 9.05. The Morgan fingerprint density at radius 2 is 1.76 bits per heavy atom. The van der Waals surface area contributed by atoms with Crippen LogP contribution in [0.25, 0.3) is 0 Å². The van der Waals surface area contributed by atoms with E-state index in [0.717, 1.165) is 47.8 Å². The topological polar surface area (TPSA) is 54.0 Å². The summed E-state index contributed by atoms with van der Waals surface area (Å²) >= 11 is 0. The minimum atomic E-state index is -0.265. The number of aliphatic hydroxyl groups excluding tert-OH is 1. The lowest BCUT2D eigenvalue weighted by Crippen LogP contribution is -2.41. The van der Waals surface area contributed by atoms with Gasteiger partial charge in [-0.2, -0.15) is 0 Å². The first-order chi connectivity index (χ1) is 16.7. The molecule has 0 radical (unpaired) electrons. The molecule has 3 aromatic carbocycles. The van der Waals surface area contributed by atoms with Gasteiger partial charge in [-0.1, -0.05) is 17.9 Å². The van der Waals surface area contributed by atoms with Gasteiger partial charge in [0.05, 0.1) is 12.6 Å². The first-order valence-electron chi connectivity index (χ1n) is 11.6. The molecule has 0 spiro atoms. The van der Waals surface area contributed by atoms with Crippen molar-refractivity contribution in [2.45, 2.75) is 25.0 Å². The number of ether oxygens (including phenoxy) is 2. The van der Waals surface area contributed by atoms with Crippen LogP contribution >= 0.6 is 0 Å². The third-order valence-corrected chi connectivity index (χ3v) is 6.99. The van der Waals surface area contributed by atoms with Crippen molar-refractivity contribution in [1.82, 2.24) is 4.90 Å². The Kier molecular flexibility index (Phi) is 5.37. The first-order valence-corrected chi connectivity index (χ1v) is 11.6. The monoisotopic (exact) mass is 456 g/mol. The summed E-state index contributed by atoms with van der Waals surface area (Å²) in [5.74, 6) is 8.00. The molecule has 0 aromatic heterocycles. The van der Waals surface area contributed by atoms with Gasteiger partial charge in [0.25, 0.3) is 0 Å². The zero-order valence-electron chi connectivity index (χ0n) is 18.6. The highest BCUT2D eigenvalue weighted by Gasteiger charge is 2.43. The molecule has 6 rings (SSSR count). The van der Waals surface area contributed by atoms with E-state index in [9.17, 15) is 9.50 Å². The third-order valence-electron chi connectivity index (χ3n) is 6.99. The maximum absolute atomic E-state index is 13.2. The van der Waals surface area contributed by atoms with Gasteiger partial charge < -0.3 is 19.9 Å². The van der Waals surface area contributed by atoms with Crippen LogP contribution in [0.2, 0.25) is 0 Å². The van der Waals surface area contributed by atoms with E-state index in [2.05, 4.69) is 46.3 Å². The zero-order chi connectivity index (χ0) is 23.1. The van der Waals surface area contributed by atoms with Crippen LogP contribution in [0.1, 0.15) is 34.7 Å². The summed E-state index contributed by atoms with van der Waals surface area (Å²) in [6.07, 6.45) is 1.01. The fraction of sp³-hybridized carbons (Fsp3) is 0.286. The molecule has 0 aliphatic carbocycles. The van der Waals surface area contributed by atoms with Crippen LogP contribution in [0.15, 0.2) is 60.7 Å². The summed E-state index contributed by atoms with van der Waals surface area (Å²) in [7, 11) is 0. The number of nitrogens with one attached hydrogen (secondary N) is 1. The Bertz CT molecular complexity index is 1280. The summed E-state index contributed by atoms with van der Waals surface area (Å²) in [6, 6.07) is 18.8. The summed E-state index contributed by atoms with van der Waals surface area (Å²) < 4.78 is 24.2. The Balaban J connectivity index is 1.31. The van der Waals surface area contributed by atoms with Crippen molar-refractivity contribution in [1.29, 1.82) is 0 Å². The van der Waals surface area contributed by atoms with Crippen LogP contribution < -0.4 is 14.8 Å². The molecule has 3 aliphatic rings. The number of nitrogens with zero attached hydrogens (tertiary/aromatic N) is 1. The fourth-order valence-electron chi connectivity index (χ4n) is 5.36. The van der Waals surface area contributed by atoms with Crippen molar-refractivity contribution in [3.63, 3.8) is 0 Å². The Hall–Kier alpha value is -3.53. The van der Waals surface area contributed by atoms with E-state index in [-0.39, 0.29) is 31.3 Å². The second kappa shape index (κ2) is 8.68. The number of anilines is 1. The van der Waals surface area contributed by atoms with Crippen molar-refractivity contribution in [3.8, 4) is 23.3 Å². The predicted octanol–water partition coefficient (Wildman–Crippen LogP) is 4.30. The largest absolute Gasteiger partial charge is 0.454 e. The molecule has 2 N–H and O–H groups in total. The maximum Gasteiger partial charge on any atom is 0.231 e. The summed E-state index contributed by atoms with van der Waals surface area (Å²) in [4.78, 5) is 2.49. The molecule has 3 heterocycles. The standard InChI is InChI=1S/C28H25FN2O3/c29-21-7-3-18(4-8-21)1-2-19-5-9-24-23(13-19)28-22(25(16-32)30-24)11-12-31(28)15-20-6-10-26-27(14-20)34-17-33-26/h3-10,13-14,22,25,28,30,32H,11-12,15-17H2/t22-,25-,28-/m1/s1. The molecule has 0 saturated carbocycles. The molecular weight excluding hydrogens is 431 g/mol. The van der Waals surface area contributed by atoms with Crippen LogP contribution in [0.5, 0.6) is 11.5 Å². The Morgan fingerprint density at radius 3 is 2.62 bits per heavy atom. The van der Waals surface area contributed by atoms with Crippen LogP contribution in [0.3, 0.4) is 0 Å². The predicted molar refractivity (Wildman–Crippen MR) is 127 cm³/mol. The van der Waals surface area contributed by atoms with E-state index in [1.807, 2.05) is 12.1 Å². The molecule has 3 atom stereocenters. The van der Waals surface area contributed by atoms with Gasteiger partial charge in [0.1, 0.15) is 5.82 Å². The zero-order valence-corrected chi connectivity index (χ0v) is 18.6. The number of fused-ring (bicyclic) bond motifs is 4. The quantitative estimate of drug-likeness (QED) is 0.576. The molecule has 5 nitrogen and oxygen atoms in total. The van der Waals surface area contributed by atoms with E-state index in [1.165, 1.54) is 23.3 Å². The highest BCUT2D eigenvalue weighted by atomic mass is 19.1. The molecule has 172 valence electrons. The molecule has 0 bridgehead atoms. The molecule has 34 heavy (non-hydrogen) atoms. The van der Waals surface area contributed by atoms with Crippen molar-refractivity contribution >= 4 is 5.69 Å². The number of hydrogen-bond donors (Lipinski definition) is 2. The summed E-state index contributed by atoms with van der Waals surface area (Å²) in [6.45, 7) is 2.12. The molecule has 1 saturated heterocycles. The number of benzene rings is 3. The highest BCUT2D eigenvalue weighted by molar-refractivity contribution is 5.60.